The number of H-pyrrole nitrogens is 1. The van der Waals surface area contributed by atoms with E-state index in [0.29, 0.717) is 5.69 Å². The van der Waals surface area contributed by atoms with Crippen molar-refractivity contribution in [1.29, 1.82) is 0 Å². The van der Waals surface area contributed by atoms with Gasteiger partial charge in [-0.1, -0.05) is 0 Å². The molecule has 6 heteroatoms. The Morgan fingerprint density at radius 2 is 2.05 bits per heavy atom. The highest BCUT2D eigenvalue weighted by Gasteiger charge is 2.19. The van der Waals surface area contributed by atoms with Crippen molar-refractivity contribution < 1.29 is 14.6 Å². The third kappa shape index (κ3) is 2.12. The first-order valence-corrected chi connectivity index (χ1v) is 5.69. The van der Waals surface area contributed by atoms with Gasteiger partial charge in [-0.25, -0.2) is 9.78 Å². The second-order valence-corrected chi connectivity index (χ2v) is 4.22. The van der Waals surface area contributed by atoms with Gasteiger partial charge in [0.2, 0.25) is 0 Å². The third-order valence-corrected chi connectivity index (χ3v) is 3.15. The normalized spacial score (nSPS) is 10.5. The maximum absolute atomic E-state index is 11.2. The van der Waals surface area contributed by atoms with Crippen LogP contribution in [0.25, 0.3) is 11.3 Å². The van der Waals surface area contributed by atoms with Crippen molar-refractivity contribution in [2.24, 2.45) is 0 Å². The molecule has 1 aromatic heterocycles. The van der Waals surface area contributed by atoms with Gasteiger partial charge in [0.05, 0.1) is 7.11 Å². The number of carbonyl (C=O) groups is 1. The number of nitrogens with zero attached hydrogens (tertiary/aromatic N) is 1. The fourth-order valence-corrected chi connectivity index (χ4v) is 2.01. The molecule has 100 valence electrons. The van der Waals surface area contributed by atoms with Gasteiger partial charge in [0.1, 0.15) is 11.4 Å². The average molecular weight is 261 g/mol. The number of carboxylic acid groups (broad SMARTS) is 1. The van der Waals surface area contributed by atoms with Crippen LogP contribution in [0.1, 0.15) is 21.6 Å². The summed E-state index contributed by atoms with van der Waals surface area (Å²) in [6.07, 6.45) is 0. The summed E-state index contributed by atoms with van der Waals surface area (Å²) in [5, 5.41) is 9.15. The van der Waals surface area contributed by atoms with E-state index < -0.39 is 5.97 Å². The van der Waals surface area contributed by atoms with Gasteiger partial charge < -0.3 is 20.6 Å². The minimum absolute atomic E-state index is 0.00910. The summed E-state index contributed by atoms with van der Waals surface area (Å²) in [5.41, 5.74) is 8.45. The largest absolute Gasteiger partial charge is 0.496 e. The van der Waals surface area contributed by atoms with Crippen LogP contribution in [0.4, 0.5) is 5.95 Å². The topological polar surface area (TPSA) is 101 Å². The molecule has 0 aliphatic heterocycles. The molecule has 19 heavy (non-hydrogen) atoms. The smallest absolute Gasteiger partial charge is 0.354 e. The van der Waals surface area contributed by atoms with Crippen LogP contribution in [0.2, 0.25) is 0 Å². The van der Waals surface area contributed by atoms with E-state index in [0.717, 1.165) is 22.4 Å². The molecule has 6 nitrogen and oxygen atoms in total. The number of imidazole rings is 1. The van der Waals surface area contributed by atoms with E-state index in [2.05, 4.69) is 9.97 Å². The van der Waals surface area contributed by atoms with Crippen molar-refractivity contribution in [3.05, 3.63) is 29.0 Å². The second-order valence-electron chi connectivity index (χ2n) is 4.22. The zero-order valence-electron chi connectivity index (χ0n) is 10.9. The third-order valence-electron chi connectivity index (χ3n) is 3.15. The number of hydrogen-bond acceptors (Lipinski definition) is 4. The van der Waals surface area contributed by atoms with Crippen LogP contribution in [0.15, 0.2) is 12.1 Å². The molecule has 0 fully saturated rings. The summed E-state index contributed by atoms with van der Waals surface area (Å²) in [6, 6.07) is 3.57. The number of aromatic nitrogens is 2. The van der Waals surface area contributed by atoms with Crippen molar-refractivity contribution in [3.63, 3.8) is 0 Å². The molecule has 0 bridgehead atoms. The Kier molecular flexibility index (Phi) is 3.16. The lowest BCUT2D eigenvalue weighted by molar-refractivity contribution is 0.0692. The van der Waals surface area contributed by atoms with Crippen LogP contribution in [-0.4, -0.2) is 28.2 Å². The number of aromatic carboxylic acids is 1. The molecule has 0 amide bonds. The minimum atomic E-state index is -1.09. The lowest BCUT2D eigenvalue weighted by Crippen LogP contribution is -2.01. The number of benzene rings is 1. The predicted molar refractivity (Wildman–Crippen MR) is 71.4 cm³/mol. The van der Waals surface area contributed by atoms with E-state index in [4.69, 9.17) is 15.6 Å². The molecule has 0 aliphatic rings. The SMILES string of the molecule is COc1ccc(-c2nc(N)[nH]c2C(=O)O)c(C)c1C. The number of carboxylic acids is 1. The van der Waals surface area contributed by atoms with Crippen molar-refractivity contribution in [3.8, 4) is 17.0 Å². The van der Waals surface area contributed by atoms with Crippen LogP contribution in [0.3, 0.4) is 0 Å². The molecule has 0 aliphatic carbocycles. The van der Waals surface area contributed by atoms with Gasteiger partial charge in [0, 0.05) is 5.56 Å². The Balaban J connectivity index is 2.66. The number of nitrogen functional groups attached to an aromatic ring is 1. The second kappa shape index (κ2) is 4.64. The molecule has 0 unspecified atom stereocenters. The van der Waals surface area contributed by atoms with Crippen LogP contribution in [0.5, 0.6) is 5.75 Å². The lowest BCUT2D eigenvalue weighted by atomic mass is 9.99. The number of anilines is 1. The van der Waals surface area contributed by atoms with Gasteiger partial charge in [0.15, 0.2) is 11.6 Å². The Morgan fingerprint density at radius 1 is 1.37 bits per heavy atom. The highest BCUT2D eigenvalue weighted by atomic mass is 16.5. The highest BCUT2D eigenvalue weighted by Crippen LogP contribution is 2.32. The summed E-state index contributed by atoms with van der Waals surface area (Å²) < 4.78 is 5.23. The summed E-state index contributed by atoms with van der Waals surface area (Å²) in [7, 11) is 1.59. The van der Waals surface area contributed by atoms with Crippen molar-refractivity contribution in [1.82, 2.24) is 9.97 Å². The monoisotopic (exact) mass is 261 g/mol. The number of methoxy groups -OCH3 is 1. The maximum Gasteiger partial charge on any atom is 0.354 e. The Hall–Kier alpha value is -2.50. The number of aromatic amines is 1. The van der Waals surface area contributed by atoms with Gasteiger partial charge in [-0.2, -0.15) is 0 Å². The van der Waals surface area contributed by atoms with E-state index in [-0.39, 0.29) is 11.6 Å². The molecule has 0 radical (unpaired) electrons. The molecule has 0 atom stereocenters. The van der Waals surface area contributed by atoms with Crippen LogP contribution in [-0.2, 0) is 0 Å². The zero-order valence-corrected chi connectivity index (χ0v) is 10.9. The Labute approximate surface area is 110 Å². The molecule has 4 N–H and O–H groups in total. The van der Waals surface area contributed by atoms with Gasteiger partial charge in [-0.3, -0.25) is 0 Å². The molecule has 0 saturated carbocycles. The minimum Gasteiger partial charge on any atom is -0.496 e. The van der Waals surface area contributed by atoms with Crippen LogP contribution in [0, 0.1) is 13.8 Å². The predicted octanol–water partition coefficient (Wildman–Crippen LogP) is 1.98. The quantitative estimate of drug-likeness (QED) is 0.784. The van der Waals surface area contributed by atoms with Crippen molar-refractivity contribution >= 4 is 11.9 Å². The standard InChI is InChI=1S/C13H15N3O3/c1-6-7(2)9(19-3)5-4-8(6)10-11(12(17)18)16-13(14)15-10/h4-5H,1-3H3,(H,17,18)(H3,14,15,16). The summed E-state index contributed by atoms with van der Waals surface area (Å²) >= 11 is 0. The Bertz CT molecular complexity index is 647. The first-order chi connectivity index (χ1) is 8.95. The number of ether oxygens (including phenoxy) is 1. The summed E-state index contributed by atoms with van der Waals surface area (Å²) in [4.78, 5) is 17.8. The number of nitrogens with one attached hydrogen (secondary N) is 1. The molecule has 2 aromatic rings. The van der Waals surface area contributed by atoms with Gasteiger partial charge in [-0.15, -0.1) is 0 Å². The zero-order chi connectivity index (χ0) is 14.2. The van der Waals surface area contributed by atoms with E-state index in [1.165, 1.54) is 0 Å². The molecule has 0 saturated heterocycles. The first kappa shape index (κ1) is 12.9. The lowest BCUT2D eigenvalue weighted by Gasteiger charge is -2.11. The molecule has 2 rings (SSSR count). The maximum atomic E-state index is 11.2. The van der Waals surface area contributed by atoms with Gasteiger partial charge in [-0.05, 0) is 37.1 Å². The van der Waals surface area contributed by atoms with E-state index in [9.17, 15) is 4.79 Å². The number of nitrogens with two attached hydrogens (primary N) is 1. The average Bonchev–Trinajstić information content (AvgIpc) is 2.75. The molecule has 1 aromatic carbocycles. The van der Waals surface area contributed by atoms with Crippen LogP contribution < -0.4 is 10.5 Å². The summed E-state index contributed by atoms with van der Waals surface area (Å²) in [5.74, 6) is -0.256. The first-order valence-electron chi connectivity index (χ1n) is 5.69. The van der Waals surface area contributed by atoms with Crippen molar-refractivity contribution in [2.45, 2.75) is 13.8 Å². The van der Waals surface area contributed by atoms with Gasteiger partial charge >= 0.3 is 5.97 Å². The van der Waals surface area contributed by atoms with E-state index in [1.807, 2.05) is 13.8 Å². The van der Waals surface area contributed by atoms with E-state index in [1.54, 1.807) is 19.2 Å². The number of hydrogen-bond donors (Lipinski definition) is 3. The summed E-state index contributed by atoms with van der Waals surface area (Å²) in [6.45, 7) is 3.80. The van der Waals surface area contributed by atoms with Gasteiger partial charge in [0.25, 0.3) is 0 Å². The molecular formula is C13H15N3O3. The van der Waals surface area contributed by atoms with Crippen LogP contribution >= 0.6 is 0 Å². The fourth-order valence-electron chi connectivity index (χ4n) is 2.01. The Morgan fingerprint density at radius 3 is 2.63 bits per heavy atom. The van der Waals surface area contributed by atoms with E-state index >= 15 is 0 Å². The van der Waals surface area contributed by atoms with Crippen molar-refractivity contribution in [2.75, 3.05) is 12.8 Å². The molecule has 0 spiro atoms. The fraction of sp³-hybridized carbons (Fsp3) is 0.231. The molecule has 1 heterocycles. The number of rotatable bonds is 3. The highest BCUT2D eigenvalue weighted by molar-refractivity contribution is 5.94. The molecular weight excluding hydrogens is 246 g/mol.